The van der Waals surface area contributed by atoms with Crippen molar-refractivity contribution in [3.8, 4) is 0 Å². The van der Waals surface area contributed by atoms with Gasteiger partial charge in [-0.25, -0.2) is 4.98 Å². The molecule has 1 unspecified atom stereocenters. The summed E-state index contributed by atoms with van der Waals surface area (Å²) >= 11 is 9.34. The van der Waals surface area contributed by atoms with E-state index in [2.05, 4.69) is 49.7 Å². The molecule has 0 amide bonds. The lowest BCUT2D eigenvalue weighted by atomic mass is 10.1. The largest absolute Gasteiger partial charge is 0.353 e. The minimum Gasteiger partial charge on any atom is -0.353 e. The molecule has 6 heteroatoms. The third-order valence-electron chi connectivity index (χ3n) is 3.24. The molecule has 1 aromatic heterocycles. The third-order valence-corrected chi connectivity index (χ3v) is 3.99. The second-order valence-corrected chi connectivity index (χ2v) is 5.49. The van der Waals surface area contributed by atoms with Crippen molar-refractivity contribution in [2.24, 2.45) is 0 Å². The lowest BCUT2D eigenvalue weighted by Crippen LogP contribution is -2.51. The van der Waals surface area contributed by atoms with Gasteiger partial charge in [-0.1, -0.05) is 6.92 Å². The van der Waals surface area contributed by atoms with Crippen molar-refractivity contribution in [3.63, 3.8) is 0 Å². The summed E-state index contributed by atoms with van der Waals surface area (Å²) in [5.41, 5.74) is 0. The normalized spacial score (nSPS) is 21.9. The first kappa shape index (κ1) is 13.1. The Hall–Kier alpha value is -0.390. The molecule has 1 saturated heterocycles. The van der Waals surface area contributed by atoms with E-state index in [9.17, 15) is 0 Å². The van der Waals surface area contributed by atoms with E-state index in [4.69, 9.17) is 11.6 Å². The molecule has 1 aromatic rings. The number of hydrogen-bond donors (Lipinski definition) is 0. The summed E-state index contributed by atoms with van der Waals surface area (Å²) in [6.07, 6.45) is 2.85. The molecule has 2 rings (SSSR count). The molecule has 4 nitrogen and oxygen atoms in total. The Bertz CT molecular complexity index is 401. The lowest BCUT2D eigenvalue weighted by molar-refractivity contribution is 0.213. The van der Waals surface area contributed by atoms with Crippen LogP contribution >= 0.6 is 27.5 Å². The molecule has 0 spiro atoms. The van der Waals surface area contributed by atoms with Gasteiger partial charge in [0, 0.05) is 31.9 Å². The maximum absolute atomic E-state index is 5.85. The van der Waals surface area contributed by atoms with E-state index in [0.717, 1.165) is 36.3 Å². The molecule has 0 aromatic carbocycles. The minimum absolute atomic E-state index is 0.301. The fraction of sp³-hybridized carbons (Fsp3) is 0.636. The fourth-order valence-electron chi connectivity index (χ4n) is 2.14. The molecule has 1 aliphatic rings. The van der Waals surface area contributed by atoms with Gasteiger partial charge in [0.05, 0.1) is 4.47 Å². The van der Waals surface area contributed by atoms with Crippen LogP contribution in [0.3, 0.4) is 0 Å². The number of nitrogens with zero attached hydrogens (tertiary/aromatic N) is 4. The van der Waals surface area contributed by atoms with Crippen LogP contribution in [0.5, 0.6) is 0 Å². The maximum Gasteiger partial charge on any atom is 0.224 e. The van der Waals surface area contributed by atoms with Gasteiger partial charge in [-0.3, -0.25) is 4.90 Å². The molecule has 1 aliphatic heterocycles. The van der Waals surface area contributed by atoms with Crippen molar-refractivity contribution >= 4 is 33.3 Å². The molecule has 0 saturated carbocycles. The Morgan fingerprint density at radius 3 is 3.00 bits per heavy atom. The molecule has 17 heavy (non-hydrogen) atoms. The van der Waals surface area contributed by atoms with E-state index in [0.29, 0.717) is 11.3 Å². The third kappa shape index (κ3) is 2.89. The lowest BCUT2D eigenvalue weighted by Gasteiger charge is -2.39. The van der Waals surface area contributed by atoms with Crippen LogP contribution < -0.4 is 4.90 Å². The van der Waals surface area contributed by atoms with Gasteiger partial charge in [-0.2, -0.15) is 4.98 Å². The number of hydrogen-bond acceptors (Lipinski definition) is 4. The highest BCUT2D eigenvalue weighted by molar-refractivity contribution is 9.10. The van der Waals surface area contributed by atoms with Crippen LogP contribution in [0.25, 0.3) is 0 Å². The number of halogens is 2. The average Bonchev–Trinajstić information content (AvgIpc) is 2.33. The predicted molar refractivity (Wildman–Crippen MR) is 73.7 cm³/mol. The van der Waals surface area contributed by atoms with Crippen molar-refractivity contribution in [3.05, 3.63) is 16.0 Å². The van der Waals surface area contributed by atoms with Crippen molar-refractivity contribution in [2.45, 2.75) is 19.4 Å². The van der Waals surface area contributed by atoms with Crippen LogP contribution in [0.1, 0.15) is 13.3 Å². The summed E-state index contributed by atoms with van der Waals surface area (Å²) in [5.74, 6) is 0.900. The summed E-state index contributed by atoms with van der Waals surface area (Å²) in [6, 6.07) is 0.574. The SMILES string of the molecule is CCC1CN(c2nc(Cl)ncc2Br)CCN1C. The van der Waals surface area contributed by atoms with Crippen molar-refractivity contribution < 1.29 is 0 Å². The zero-order valence-electron chi connectivity index (χ0n) is 10.0. The molecule has 94 valence electrons. The molecule has 0 N–H and O–H groups in total. The second kappa shape index (κ2) is 5.50. The standard InChI is InChI=1S/C11H16BrClN4/c1-3-8-7-17(5-4-16(8)2)10-9(12)6-14-11(13)15-10/h6,8H,3-5,7H2,1-2H3. The molecule has 1 fully saturated rings. The number of aromatic nitrogens is 2. The highest BCUT2D eigenvalue weighted by atomic mass is 79.9. The van der Waals surface area contributed by atoms with Gasteiger partial charge >= 0.3 is 0 Å². The van der Waals surface area contributed by atoms with Gasteiger partial charge in [0.25, 0.3) is 0 Å². The first-order valence-corrected chi connectivity index (χ1v) is 6.92. The molecule has 0 radical (unpaired) electrons. The number of anilines is 1. The van der Waals surface area contributed by atoms with Gasteiger partial charge < -0.3 is 4.90 Å². The van der Waals surface area contributed by atoms with Gasteiger partial charge in [-0.15, -0.1) is 0 Å². The van der Waals surface area contributed by atoms with Crippen LogP contribution in [-0.2, 0) is 0 Å². The Labute approximate surface area is 115 Å². The average molecular weight is 320 g/mol. The van der Waals surface area contributed by atoms with Gasteiger partial charge in [0.2, 0.25) is 5.28 Å². The van der Waals surface area contributed by atoms with Crippen molar-refractivity contribution in [1.29, 1.82) is 0 Å². The van der Waals surface area contributed by atoms with Crippen LogP contribution in [0.4, 0.5) is 5.82 Å². The topological polar surface area (TPSA) is 32.3 Å². The van der Waals surface area contributed by atoms with E-state index >= 15 is 0 Å². The summed E-state index contributed by atoms with van der Waals surface area (Å²) < 4.78 is 0.904. The van der Waals surface area contributed by atoms with E-state index in [1.165, 1.54) is 0 Å². The molecule has 1 atom stereocenters. The summed E-state index contributed by atoms with van der Waals surface area (Å²) in [5, 5.41) is 0.301. The van der Waals surface area contributed by atoms with E-state index in [1.807, 2.05) is 0 Å². The molecular formula is C11H16BrClN4. The minimum atomic E-state index is 0.301. The smallest absolute Gasteiger partial charge is 0.224 e. The van der Waals surface area contributed by atoms with E-state index in [-0.39, 0.29) is 0 Å². The zero-order chi connectivity index (χ0) is 12.4. The fourth-order valence-corrected chi connectivity index (χ4v) is 2.71. The molecule has 0 aliphatic carbocycles. The van der Waals surface area contributed by atoms with Crippen LogP contribution in [0.15, 0.2) is 10.7 Å². The molecular weight excluding hydrogens is 304 g/mol. The Morgan fingerprint density at radius 1 is 1.53 bits per heavy atom. The van der Waals surface area contributed by atoms with E-state index in [1.54, 1.807) is 6.20 Å². The van der Waals surface area contributed by atoms with Gasteiger partial charge in [-0.05, 0) is 41.0 Å². The van der Waals surface area contributed by atoms with Crippen molar-refractivity contribution in [1.82, 2.24) is 14.9 Å². The first-order chi connectivity index (χ1) is 8.11. The van der Waals surface area contributed by atoms with Gasteiger partial charge in [0.15, 0.2) is 0 Å². The maximum atomic E-state index is 5.85. The quantitative estimate of drug-likeness (QED) is 0.784. The van der Waals surface area contributed by atoms with E-state index < -0.39 is 0 Å². The first-order valence-electron chi connectivity index (χ1n) is 5.75. The Kier molecular flexibility index (Phi) is 4.22. The highest BCUT2D eigenvalue weighted by Gasteiger charge is 2.25. The second-order valence-electron chi connectivity index (χ2n) is 4.30. The monoisotopic (exact) mass is 318 g/mol. The summed E-state index contributed by atoms with van der Waals surface area (Å²) in [7, 11) is 2.17. The number of piperazine rings is 1. The van der Waals surface area contributed by atoms with Crippen LogP contribution in [0, 0.1) is 0 Å². The number of rotatable bonds is 2. The van der Waals surface area contributed by atoms with Crippen molar-refractivity contribution in [2.75, 3.05) is 31.6 Å². The number of likely N-dealkylation sites (N-methyl/N-ethyl adjacent to an activating group) is 1. The van der Waals surface area contributed by atoms with Crippen LogP contribution in [0.2, 0.25) is 5.28 Å². The Morgan fingerprint density at radius 2 is 2.29 bits per heavy atom. The summed E-state index contributed by atoms with van der Waals surface area (Å²) in [4.78, 5) is 12.9. The van der Waals surface area contributed by atoms with Gasteiger partial charge in [0.1, 0.15) is 5.82 Å². The predicted octanol–water partition coefficient (Wildman–Crippen LogP) is 2.42. The Balaban J connectivity index is 2.20. The van der Waals surface area contributed by atoms with Crippen LogP contribution in [-0.4, -0.2) is 47.6 Å². The summed E-state index contributed by atoms with van der Waals surface area (Å²) in [6.45, 7) is 5.22. The highest BCUT2D eigenvalue weighted by Crippen LogP contribution is 2.26. The molecule has 2 heterocycles. The molecule has 0 bridgehead atoms. The zero-order valence-corrected chi connectivity index (χ0v) is 12.4.